The number of benzene rings is 2. The lowest BCUT2D eigenvalue weighted by Gasteiger charge is -2.10. The Morgan fingerprint density at radius 2 is 1.91 bits per heavy atom. The van der Waals surface area contributed by atoms with Crippen LogP contribution < -0.4 is 15.4 Å². The van der Waals surface area contributed by atoms with Crippen molar-refractivity contribution in [2.24, 2.45) is 0 Å². The number of hydrogen-bond donors (Lipinski definition) is 2. The maximum atomic E-state index is 13.2. The average molecular weight is 459 g/mol. The summed E-state index contributed by atoms with van der Waals surface area (Å²) in [6.45, 7) is 4.17. The molecule has 2 N–H and O–H groups in total. The highest BCUT2D eigenvalue weighted by Gasteiger charge is 2.14. The van der Waals surface area contributed by atoms with Crippen molar-refractivity contribution in [3.8, 4) is 5.75 Å². The molecular formula is C22H23FN4O4S. The molecule has 2 amide bonds. The summed E-state index contributed by atoms with van der Waals surface area (Å²) in [5.41, 5.74) is 1.26. The molecule has 0 bridgehead atoms. The fraction of sp³-hybridized carbons (Fsp3) is 0.273. The lowest BCUT2D eigenvalue weighted by molar-refractivity contribution is -0.126. The molecule has 3 rings (SSSR count). The number of amides is 2. The molecule has 8 nitrogen and oxygen atoms in total. The van der Waals surface area contributed by atoms with Gasteiger partial charge < -0.3 is 20.1 Å². The number of hydrogen-bond acceptors (Lipinski definition) is 7. The standard InChI is InChI=1S/C22H23FN4O4S/c1-14(2)31-18-8-6-15(7-9-18)11-24-19(28)12-30-13-20-26-27-22(32-20)21(29)25-17-5-3-4-16(23)10-17/h3-10,14H,11-13H2,1-2H3,(H,24,28)(H,25,29). The molecule has 10 heteroatoms. The summed E-state index contributed by atoms with van der Waals surface area (Å²) in [4.78, 5) is 24.2. The monoisotopic (exact) mass is 458 g/mol. The Balaban J connectivity index is 1.38. The Bertz CT molecular complexity index is 1060. The zero-order valence-electron chi connectivity index (χ0n) is 17.6. The van der Waals surface area contributed by atoms with Crippen molar-refractivity contribution in [3.63, 3.8) is 0 Å². The summed E-state index contributed by atoms with van der Waals surface area (Å²) in [6, 6.07) is 13.0. The second-order valence-electron chi connectivity index (χ2n) is 7.05. The Labute approximate surface area is 188 Å². The molecular weight excluding hydrogens is 435 g/mol. The number of halogens is 1. The third-order valence-electron chi connectivity index (χ3n) is 3.99. The number of nitrogens with one attached hydrogen (secondary N) is 2. The van der Waals surface area contributed by atoms with Gasteiger partial charge in [-0.15, -0.1) is 10.2 Å². The number of ether oxygens (including phenoxy) is 2. The molecule has 0 aliphatic carbocycles. The van der Waals surface area contributed by atoms with Gasteiger partial charge in [0.25, 0.3) is 5.91 Å². The number of nitrogens with zero attached hydrogens (tertiary/aromatic N) is 2. The molecule has 2 aromatic carbocycles. The molecule has 0 unspecified atom stereocenters. The van der Waals surface area contributed by atoms with Crippen molar-refractivity contribution < 1.29 is 23.5 Å². The Hall–Kier alpha value is -3.37. The van der Waals surface area contributed by atoms with E-state index < -0.39 is 11.7 Å². The van der Waals surface area contributed by atoms with E-state index in [-0.39, 0.29) is 30.2 Å². The van der Waals surface area contributed by atoms with Crippen molar-refractivity contribution in [2.45, 2.75) is 33.1 Å². The largest absolute Gasteiger partial charge is 0.491 e. The van der Waals surface area contributed by atoms with Gasteiger partial charge in [0.2, 0.25) is 10.9 Å². The van der Waals surface area contributed by atoms with Crippen molar-refractivity contribution >= 4 is 28.8 Å². The van der Waals surface area contributed by atoms with Gasteiger partial charge in [-0.2, -0.15) is 0 Å². The summed E-state index contributed by atoms with van der Waals surface area (Å²) >= 11 is 1.04. The quantitative estimate of drug-likeness (QED) is 0.482. The van der Waals surface area contributed by atoms with Crippen LogP contribution in [0.4, 0.5) is 10.1 Å². The molecule has 0 spiro atoms. The van der Waals surface area contributed by atoms with Crippen molar-refractivity contribution in [2.75, 3.05) is 11.9 Å². The fourth-order valence-corrected chi connectivity index (χ4v) is 3.27. The van der Waals surface area contributed by atoms with Crippen LogP contribution in [0.3, 0.4) is 0 Å². The lowest BCUT2D eigenvalue weighted by atomic mass is 10.2. The molecule has 0 fully saturated rings. The van der Waals surface area contributed by atoms with E-state index in [9.17, 15) is 14.0 Å². The predicted molar refractivity (Wildman–Crippen MR) is 118 cm³/mol. The topological polar surface area (TPSA) is 102 Å². The summed E-state index contributed by atoms with van der Waals surface area (Å²) in [6.07, 6.45) is 0.102. The summed E-state index contributed by atoms with van der Waals surface area (Å²) in [5.74, 6) is -0.452. The van der Waals surface area contributed by atoms with Crippen LogP contribution in [0.25, 0.3) is 0 Å². The molecule has 32 heavy (non-hydrogen) atoms. The minimum Gasteiger partial charge on any atom is -0.491 e. The average Bonchev–Trinajstić information content (AvgIpc) is 3.22. The van der Waals surface area contributed by atoms with Gasteiger partial charge in [-0.1, -0.05) is 29.5 Å². The van der Waals surface area contributed by atoms with E-state index in [1.165, 1.54) is 18.2 Å². The van der Waals surface area contributed by atoms with E-state index in [0.717, 1.165) is 22.6 Å². The normalized spacial score (nSPS) is 10.8. The zero-order chi connectivity index (χ0) is 22.9. The molecule has 0 radical (unpaired) electrons. The maximum Gasteiger partial charge on any atom is 0.286 e. The molecule has 0 aliphatic heterocycles. The van der Waals surface area contributed by atoms with Crippen molar-refractivity contribution in [1.29, 1.82) is 0 Å². The Morgan fingerprint density at radius 1 is 1.12 bits per heavy atom. The lowest BCUT2D eigenvalue weighted by Crippen LogP contribution is -2.27. The molecule has 168 valence electrons. The summed E-state index contributed by atoms with van der Waals surface area (Å²) in [5, 5.41) is 13.6. The smallest absolute Gasteiger partial charge is 0.286 e. The first-order valence-electron chi connectivity index (χ1n) is 9.88. The number of carbonyl (C=O) groups excluding carboxylic acids is 2. The molecule has 0 atom stereocenters. The van der Waals surface area contributed by atoms with Gasteiger partial charge in [0, 0.05) is 12.2 Å². The zero-order valence-corrected chi connectivity index (χ0v) is 18.4. The second-order valence-corrected chi connectivity index (χ2v) is 8.11. The highest BCUT2D eigenvalue weighted by atomic mass is 32.1. The first-order chi connectivity index (χ1) is 15.4. The minimum atomic E-state index is -0.498. The van der Waals surface area contributed by atoms with Crippen LogP contribution in [0, 0.1) is 5.82 Å². The van der Waals surface area contributed by atoms with Gasteiger partial charge in [-0.05, 0) is 49.7 Å². The van der Waals surface area contributed by atoms with E-state index in [1.54, 1.807) is 6.07 Å². The molecule has 0 saturated heterocycles. The maximum absolute atomic E-state index is 13.2. The van der Waals surface area contributed by atoms with Crippen LogP contribution in [0.2, 0.25) is 0 Å². The van der Waals surface area contributed by atoms with E-state index in [0.29, 0.717) is 17.2 Å². The predicted octanol–water partition coefficient (Wildman–Crippen LogP) is 3.55. The van der Waals surface area contributed by atoms with Crippen LogP contribution in [-0.4, -0.2) is 34.7 Å². The number of carbonyl (C=O) groups is 2. The first kappa shape index (κ1) is 23.3. The summed E-state index contributed by atoms with van der Waals surface area (Å²) < 4.78 is 24.1. The van der Waals surface area contributed by atoms with E-state index in [2.05, 4.69) is 20.8 Å². The highest BCUT2D eigenvalue weighted by Crippen LogP contribution is 2.15. The third-order valence-corrected chi connectivity index (χ3v) is 4.88. The van der Waals surface area contributed by atoms with E-state index in [4.69, 9.17) is 9.47 Å². The number of anilines is 1. The van der Waals surface area contributed by atoms with Crippen molar-refractivity contribution in [1.82, 2.24) is 15.5 Å². The molecule has 0 aliphatic rings. The van der Waals surface area contributed by atoms with Gasteiger partial charge in [-0.3, -0.25) is 9.59 Å². The van der Waals surface area contributed by atoms with E-state index in [1.807, 2.05) is 38.1 Å². The van der Waals surface area contributed by atoms with Crippen LogP contribution in [0.5, 0.6) is 5.75 Å². The molecule has 1 aromatic heterocycles. The first-order valence-corrected chi connectivity index (χ1v) is 10.7. The van der Waals surface area contributed by atoms with E-state index >= 15 is 0 Å². The van der Waals surface area contributed by atoms with Crippen molar-refractivity contribution in [3.05, 3.63) is 69.9 Å². The van der Waals surface area contributed by atoms with Gasteiger partial charge in [0.15, 0.2) is 0 Å². The van der Waals surface area contributed by atoms with Gasteiger partial charge in [0.1, 0.15) is 29.8 Å². The number of aromatic nitrogens is 2. The van der Waals surface area contributed by atoms with Crippen LogP contribution >= 0.6 is 11.3 Å². The van der Waals surface area contributed by atoms with Gasteiger partial charge in [0.05, 0.1) is 6.10 Å². The Morgan fingerprint density at radius 3 is 2.62 bits per heavy atom. The molecule has 0 saturated carbocycles. The number of rotatable bonds is 10. The molecule has 1 heterocycles. The fourth-order valence-electron chi connectivity index (χ4n) is 2.60. The molecule has 3 aromatic rings. The van der Waals surface area contributed by atoms with Gasteiger partial charge >= 0.3 is 0 Å². The highest BCUT2D eigenvalue weighted by molar-refractivity contribution is 7.13. The Kier molecular flexibility index (Phi) is 8.23. The van der Waals surface area contributed by atoms with Gasteiger partial charge in [-0.25, -0.2) is 4.39 Å². The second kappa shape index (κ2) is 11.3. The minimum absolute atomic E-state index is 0.0412. The third kappa shape index (κ3) is 7.40. The summed E-state index contributed by atoms with van der Waals surface area (Å²) in [7, 11) is 0. The van der Waals surface area contributed by atoms with Crippen LogP contribution in [0.15, 0.2) is 48.5 Å². The van der Waals surface area contributed by atoms with Crippen LogP contribution in [0.1, 0.15) is 34.2 Å². The SMILES string of the molecule is CC(C)Oc1ccc(CNC(=O)COCc2nnc(C(=O)Nc3cccc(F)c3)s2)cc1. The van der Waals surface area contributed by atoms with Crippen LogP contribution in [-0.2, 0) is 22.7 Å².